The van der Waals surface area contributed by atoms with E-state index in [1.165, 1.54) is 0 Å². The molecule has 0 spiro atoms. The molecular formula is C11H15N5. The predicted octanol–water partition coefficient (Wildman–Crippen LogP) is 0.935. The van der Waals surface area contributed by atoms with Crippen molar-refractivity contribution < 1.29 is 0 Å². The van der Waals surface area contributed by atoms with E-state index in [0.717, 1.165) is 18.1 Å². The van der Waals surface area contributed by atoms with E-state index in [2.05, 4.69) is 15.1 Å². The predicted molar refractivity (Wildman–Crippen MR) is 60.6 cm³/mol. The zero-order valence-corrected chi connectivity index (χ0v) is 9.24. The topological polar surface area (TPSA) is 69.6 Å². The lowest BCUT2D eigenvalue weighted by Crippen LogP contribution is -2.17. The second-order valence-corrected chi connectivity index (χ2v) is 3.56. The van der Waals surface area contributed by atoms with Gasteiger partial charge in [0, 0.05) is 19.2 Å². The summed E-state index contributed by atoms with van der Waals surface area (Å²) < 4.78 is 1.85. The van der Waals surface area contributed by atoms with Gasteiger partial charge in [0.1, 0.15) is 12.2 Å². The Kier molecular flexibility index (Phi) is 3.26. The smallest absolute Gasteiger partial charge is 0.138 e. The zero-order valence-electron chi connectivity index (χ0n) is 9.24. The molecule has 16 heavy (non-hydrogen) atoms. The van der Waals surface area contributed by atoms with Crippen molar-refractivity contribution >= 4 is 0 Å². The molecule has 0 saturated carbocycles. The van der Waals surface area contributed by atoms with Crippen molar-refractivity contribution in [1.82, 2.24) is 19.7 Å². The summed E-state index contributed by atoms with van der Waals surface area (Å²) >= 11 is 0. The number of aryl methyl sites for hydroxylation is 1. The molecule has 2 N–H and O–H groups in total. The van der Waals surface area contributed by atoms with Gasteiger partial charge in [-0.2, -0.15) is 5.10 Å². The van der Waals surface area contributed by atoms with Gasteiger partial charge in [-0.25, -0.2) is 4.98 Å². The first-order valence-corrected chi connectivity index (χ1v) is 5.34. The molecule has 0 aliphatic carbocycles. The number of nitrogens with zero attached hydrogens (tertiary/aromatic N) is 4. The first kappa shape index (κ1) is 10.8. The van der Waals surface area contributed by atoms with Crippen LogP contribution in [0.2, 0.25) is 0 Å². The van der Waals surface area contributed by atoms with E-state index in [1.807, 2.05) is 29.8 Å². The lowest BCUT2D eigenvalue weighted by atomic mass is 10.1. The summed E-state index contributed by atoms with van der Waals surface area (Å²) in [5.74, 6) is 0.903. The molecule has 84 valence electrons. The second kappa shape index (κ2) is 4.85. The van der Waals surface area contributed by atoms with Crippen LogP contribution in [0.4, 0.5) is 0 Å². The number of hydrogen-bond donors (Lipinski definition) is 1. The molecule has 2 rings (SSSR count). The van der Waals surface area contributed by atoms with Crippen LogP contribution in [0.3, 0.4) is 0 Å². The summed E-state index contributed by atoms with van der Waals surface area (Å²) in [6, 6.07) is 5.62. The van der Waals surface area contributed by atoms with Crippen molar-refractivity contribution in [3.05, 3.63) is 42.2 Å². The fraction of sp³-hybridized carbons (Fsp3) is 0.364. The fourth-order valence-electron chi connectivity index (χ4n) is 1.61. The van der Waals surface area contributed by atoms with Crippen LogP contribution >= 0.6 is 0 Å². The third-order valence-corrected chi connectivity index (χ3v) is 2.47. The van der Waals surface area contributed by atoms with E-state index >= 15 is 0 Å². The van der Waals surface area contributed by atoms with E-state index in [0.29, 0.717) is 6.42 Å². The molecular weight excluding hydrogens is 202 g/mol. The van der Waals surface area contributed by atoms with Gasteiger partial charge in [-0.15, -0.1) is 0 Å². The van der Waals surface area contributed by atoms with Gasteiger partial charge in [-0.1, -0.05) is 6.07 Å². The molecule has 2 heterocycles. The Hall–Kier alpha value is -1.75. The van der Waals surface area contributed by atoms with Crippen molar-refractivity contribution in [2.24, 2.45) is 5.73 Å². The van der Waals surface area contributed by atoms with Gasteiger partial charge in [0.15, 0.2) is 0 Å². The Morgan fingerprint density at radius 1 is 1.38 bits per heavy atom. The van der Waals surface area contributed by atoms with Crippen LogP contribution in [-0.4, -0.2) is 19.7 Å². The Labute approximate surface area is 94.3 Å². The summed E-state index contributed by atoms with van der Waals surface area (Å²) in [5, 5.41) is 4.11. The molecule has 0 amide bonds. The molecule has 2 aromatic rings. The number of nitrogens with two attached hydrogens (primary N) is 1. The van der Waals surface area contributed by atoms with E-state index in [-0.39, 0.29) is 6.04 Å². The Balaban J connectivity index is 2.11. The Bertz CT molecular complexity index is 437. The van der Waals surface area contributed by atoms with Crippen LogP contribution in [0.15, 0.2) is 30.7 Å². The van der Waals surface area contributed by atoms with Crippen molar-refractivity contribution in [1.29, 1.82) is 0 Å². The van der Waals surface area contributed by atoms with Crippen LogP contribution in [0.5, 0.6) is 0 Å². The van der Waals surface area contributed by atoms with Gasteiger partial charge < -0.3 is 5.73 Å². The highest BCUT2D eigenvalue weighted by Crippen LogP contribution is 2.11. The molecule has 5 heteroatoms. The molecule has 0 aliphatic rings. The number of rotatable bonds is 4. The minimum Gasteiger partial charge on any atom is -0.322 e. The highest BCUT2D eigenvalue weighted by Gasteiger charge is 2.11. The first-order chi connectivity index (χ1) is 7.81. The van der Waals surface area contributed by atoms with Gasteiger partial charge in [-0.05, 0) is 19.1 Å². The maximum Gasteiger partial charge on any atom is 0.138 e. The molecule has 5 nitrogen and oxygen atoms in total. The van der Waals surface area contributed by atoms with Crippen molar-refractivity contribution in [2.75, 3.05) is 0 Å². The Morgan fingerprint density at radius 2 is 2.25 bits per heavy atom. The van der Waals surface area contributed by atoms with E-state index in [1.54, 1.807) is 12.5 Å². The quantitative estimate of drug-likeness (QED) is 0.827. The summed E-state index contributed by atoms with van der Waals surface area (Å²) in [6.45, 7) is 2.84. The number of aromatic nitrogens is 4. The molecule has 0 radical (unpaired) electrons. The molecule has 0 fully saturated rings. The van der Waals surface area contributed by atoms with Gasteiger partial charge in [0.25, 0.3) is 0 Å². The van der Waals surface area contributed by atoms with Crippen LogP contribution < -0.4 is 5.73 Å². The van der Waals surface area contributed by atoms with Crippen molar-refractivity contribution in [2.45, 2.75) is 25.9 Å². The highest BCUT2D eigenvalue weighted by molar-refractivity contribution is 5.10. The summed E-state index contributed by atoms with van der Waals surface area (Å²) in [7, 11) is 0. The fourth-order valence-corrected chi connectivity index (χ4v) is 1.61. The van der Waals surface area contributed by atoms with E-state index < -0.39 is 0 Å². The van der Waals surface area contributed by atoms with Crippen LogP contribution in [0.25, 0.3) is 0 Å². The van der Waals surface area contributed by atoms with Gasteiger partial charge in [0.05, 0.1) is 11.7 Å². The molecule has 0 aliphatic heterocycles. The summed E-state index contributed by atoms with van der Waals surface area (Å²) in [4.78, 5) is 8.43. The van der Waals surface area contributed by atoms with Crippen molar-refractivity contribution in [3.63, 3.8) is 0 Å². The van der Waals surface area contributed by atoms with Gasteiger partial charge >= 0.3 is 0 Å². The van der Waals surface area contributed by atoms with Gasteiger partial charge in [-0.3, -0.25) is 9.67 Å². The van der Waals surface area contributed by atoms with E-state index in [4.69, 9.17) is 5.73 Å². The standard InChI is InChI=1S/C11H15N5/c1-2-16-11(14-8-15-16)7-9(12)10-5-3-4-6-13-10/h3-6,8-9H,2,7,12H2,1H3. The number of hydrogen-bond acceptors (Lipinski definition) is 4. The monoisotopic (exact) mass is 217 g/mol. The molecule has 0 bridgehead atoms. The average Bonchev–Trinajstić information content (AvgIpc) is 2.77. The van der Waals surface area contributed by atoms with Crippen molar-refractivity contribution in [3.8, 4) is 0 Å². The zero-order chi connectivity index (χ0) is 11.4. The molecule has 2 aromatic heterocycles. The SMILES string of the molecule is CCn1ncnc1CC(N)c1ccccn1. The lowest BCUT2D eigenvalue weighted by molar-refractivity contribution is 0.575. The minimum absolute atomic E-state index is 0.129. The molecule has 0 saturated heterocycles. The maximum absolute atomic E-state index is 6.07. The van der Waals surface area contributed by atoms with Crippen LogP contribution in [0.1, 0.15) is 24.5 Å². The largest absolute Gasteiger partial charge is 0.322 e. The average molecular weight is 217 g/mol. The lowest BCUT2D eigenvalue weighted by Gasteiger charge is -2.10. The minimum atomic E-state index is -0.129. The summed E-state index contributed by atoms with van der Waals surface area (Å²) in [6.07, 6.45) is 3.97. The van der Waals surface area contributed by atoms with E-state index in [9.17, 15) is 0 Å². The normalized spacial score (nSPS) is 12.6. The third kappa shape index (κ3) is 2.25. The van der Waals surface area contributed by atoms with Gasteiger partial charge in [0.2, 0.25) is 0 Å². The molecule has 1 atom stereocenters. The Morgan fingerprint density at radius 3 is 2.94 bits per heavy atom. The maximum atomic E-state index is 6.07. The molecule has 1 unspecified atom stereocenters. The first-order valence-electron chi connectivity index (χ1n) is 5.34. The summed E-state index contributed by atoms with van der Waals surface area (Å²) in [5.41, 5.74) is 6.95. The third-order valence-electron chi connectivity index (χ3n) is 2.47. The van der Waals surface area contributed by atoms with Crippen LogP contribution in [0, 0.1) is 0 Å². The number of pyridine rings is 1. The molecule has 0 aromatic carbocycles. The highest BCUT2D eigenvalue weighted by atomic mass is 15.3. The second-order valence-electron chi connectivity index (χ2n) is 3.56. The van der Waals surface area contributed by atoms with Crippen LogP contribution in [-0.2, 0) is 13.0 Å².